The first-order valence-corrected chi connectivity index (χ1v) is 9.12. The van der Waals surface area contributed by atoms with Crippen LogP contribution in [-0.2, 0) is 17.1 Å². The Kier molecular flexibility index (Phi) is 4.91. The zero-order chi connectivity index (χ0) is 18.0. The molecule has 128 valence electrons. The van der Waals surface area contributed by atoms with Crippen molar-refractivity contribution in [2.75, 3.05) is 0 Å². The molecule has 0 aliphatic heterocycles. The number of alkyl halides is 3. The third-order valence-corrected chi connectivity index (χ3v) is 6.37. The molecule has 0 heterocycles. The van der Waals surface area contributed by atoms with Crippen molar-refractivity contribution < 1.29 is 13.2 Å². The molecule has 0 aliphatic carbocycles. The first-order chi connectivity index (χ1) is 11.9. The van der Waals surface area contributed by atoms with Crippen LogP contribution in [0.5, 0.6) is 0 Å². The maximum Gasteiger partial charge on any atom is 0.416 e. The van der Waals surface area contributed by atoms with E-state index in [9.17, 15) is 13.2 Å². The van der Waals surface area contributed by atoms with E-state index in [1.807, 2.05) is 44.2 Å². The van der Waals surface area contributed by atoms with Gasteiger partial charge in [0, 0.05) is 5.56 Å². The summed E-state index contributed by atoms with van der Waals surface area (Å²) in [6.45, 7) is 4.06. The van der Waals surface area contributed by atoms with E-state index < -0.39 is 22.6 Å². The molecule has 0 spiro atoms. The van der Waals surface area contributed by atoms with Gasteiger partial charge in [0.1, 0.15) is 0 Å². The van der Waals surface area contributed by atoms with Gasteiger partial charge in [-0.1, -0.05) is 35.9 Å². The molecule has 0 bridgehead atoms. The van der Waals surface area contributed by atoms with Gasteiger partial charge in [-0.05, 0) is 56.3 Å². The topological polar surface area (TPSA) is 0 Å². The van der Waals surface area contributed by atoms with E-state index in [1.165, 1.54) is 12.1 Å². The molecule has 0 saturated heterocycles. The molecule has 0 saturated carbocycles. The molecule has 0 nitrogen and oxygen atoms in total. The summed E-state index contributed by atoms with van der Waals surface area (Å²) in [5, 5.41) is 0. The summed E-state index contributed by atoms with van der Waals surface area (Å²) in [4.78, 5) is 3.11. The molecule has 0 amide bonds. The van der Waals surface area contributed by atoms with Crippen molar-refractivity contribution in [3.63, 3.8) is 0 Å². The number of aryl methyl sites for hydroxylation is 2. The van der Waals surface area contributed by atoms with Gasteiger partial charge in [0.05, 0.1) is 16.5 Å². The fourth-order valence-corrected chi connectivity index (χ4v) is 4.83. The quantitative estimate of drug-likeness (QED) is 0.474. The summed E-state index contributed by atoms with van der Waals surface area (Å²) in [5.41, 5.74) is 1.67. The van der Waals surface area contributed by atoms with Crippen LogP contribution in [0.3, 0.4) is 0 Å². The van der Waals surface area contributed by atoms with Crippen LogP contribution in [0.4, 0.5) is 13.2 Å². The average Bonchev–Trinajstić information content (AvgIpc) is 2.58. The Morgan fingerprint density at radius 1 is 0.680 bits per heavy atom. The van der Waals surface area contributed by atoms with Gasteiger partial charge in [-0.3, -0.25) is 0 Å². The summed E-state index contributed by atoms with van der Waals surface area (Å²) in [6, 6.07) is 21.8. The van der Waals surface area contributed by atoms with Crippen LogP contribution >= 0.6 is 0 Å². The first-order valence-electron chi connectivity index (χ1n) is 7.90. The van der Waals surface area contributed by atoms with Gasteiger partial charge in [-0.15, -0.1) is 0 Å². The SMILES string of the molecule is Cc1ccc([S+](c2ccc(C(F)(F)F)cc2)c2ccccc2C)cc1. The largest absolute Gasteiger partial charge is 0.416 e. The Bertz CT molecular complexity index is 850. The van der Waals surface area contributed by atoms with E-state index in [1.54, 1.807) is 12.1 Å². The second kappa shape index (κ2) is 6.96. The zero-order valence-electron chi connectivity index (χ0n) is 14.0. The lowest BCUT2D eigenvalue weighted by Gasteiger charge is -2.12. The predicted molar refractivity (Wildman–Crippen MR) is 96.0 cm³/mol. The van der Waals surface area contributed by atoms with Gasteiger partial charge in [0.2, 0.25) is 0 Å². The van der Waals surface area contributed by atoms with Gasteiger partial charge in [-0.2, -0.15) is 13.2 Å². The molecular weight excluding hydrogens is 341 g/mol. The number of hydrogen-bond acceptors (Lipinski definition) is 0. The Morgan fingerprint density at radius 2 is 1.20 bits per heavy atom. The average molecular weight is 359 g/mol. The van der Waals surface area contributed by atoms with Crippen molar-refractivity contribution >= 4 is 10.9 Å². The third-order valence-electron chi connectivity index (χ3n) is 3.99. The van der Waals surface area contributed by atoms with Crippen molar-refractivity contribution in [2.45, 2.75) is 34.7 Å². The summed E-state index contributed by atoms with van der Waals surface area (Å²) in [5.74, 6) is 0. The summed E-state index contributed by atoms with van der Waals surface area (Å²) in [6.07, 6.45) is -4.32. The van der Waals surface area contributed by atoms with Crippen LogP contribution in [0.1, 0.15) is 16.7 Å². The standard InChI is InChI=1S/C21H18F3S/c1-15-7-11-18(12-8-15)25(20-6-4-3-5-16(20)2)19-13-9-17(10-14-19)21(22,23)24/h3-14H,1-2H3/q+1. The molecule has 3 aromatic rings. The highest BCUT2D eigenvalue weighted by molar-refractivity contribution is 7.97. The predicted octanol–water partition coefficient (Wildman–Crippen LogP) is 6.42. The second-order valence-electron chi connectivity index (χ2n) is 5.91. The Balaban J connectivity index is 2.11. The molecule has 25 heavy (non-hydrogen) atoms. The number of halogens is 3. The molecule has 0 aromatic heterocycles. The zero-order valence-corrected chi connectivity index (χ0v) is 14.8. The molecule has 0 radical (unpaired) electrons. The molecular formula is C21H18F3S+. The summed E-state index contributed by atoms with van der Waals surface area (Å²) >= 11 is 0. The Labute approximate surface area is 148 Å². The van der Waals surface area contributed by atoms with Crippen LogP contribution in [0, 0.1) is 13.8 Å². The molecule has 0 aliphatic rings. The van der Waals surface area contributed by atoms with E-state index in [2.05, 4.69) is 18.2 Å². The number of benzene rings is 3. The smallest absolute Gasteiger partial charge is 0.166 e. The number of rotatable bonds is 3. The van der Waals surface area contributed by atoms with E-state index >= 15 is 0 Å². The van der Waals surface area contributed by atoms with Crippen molar-refractivity contribution in [3.8, 4) is 0 Å². The molecule has 1 unspecified atom stereocenters. The lowest BCUT2D eigenvalue weighted by molar-refractivity contribution is -0.137. The van der Waals surface area contributed by atoms with Gasteiger partial charge < -0.3 is 0 Å². The van der Waals surface area contributed by atoms with Crippen LogP contribution in [-0.4, -0.2) is 0 Å². The van der Waals surface area contributed by atoms with Crippen LogP contribution in [0.2, 0.25) is 0 Å². The van der Waals surface area contributed by atoms with Crippen molar-refractivity contribution in [2.24, 2.45) is 0 Å². The highest BCUT2D eigenvalue weighted by atomic mass is 32.2. The second-order valence-corrected chi connectivity index (χ2v) is 7.90. The summed E-state index contributed by atoms with van der Waals surface area (Å²) in [7, 11) is -0.437. The molecule has 0 N–H and O–H groups in total. The van der Waals surface area contributed by atoms with E-state index in [4.69, 9.17) is 0 Å². The minimum absolute atomic E-state index is 0.437. The number of hydrogen-bond donors (Lipinski definition) is 0. The fourth-order valence-electron chi connectivity index (χ4n) is 2.63. The minimum atomic E-state index is -4.32. The fraction of sp³-hybridized carbons (Fsp3) is 0.143. The first kappa shape index (κ1) is 17.6. The van der Waals surface area contributed by atoms with Gasteiger partial charge in [0.25, 0.3) is 0 Å². The molecule has 4 heteroatoms. The van der Waals surface area contributed by atoms with Crippen LogP contribution in [0.15, 0.2) is 87.5 Å². The normalized spacial score (nSPS) is 12.8. The monoisotopic (exact) mass is 359 g/mol. The molecule has 1 atom stereocenters. The molecule has 3 rings (SSSR count). The van der Waals surface area contributed by atoms with Crippen LogP contribution < -0.4 is 0 Å². The molecule has 3 aromatic carbocycles. The highest BCUT2D eigenvalue weighted by Crippen LogP contribution is 2.35. The van der Waals surface area contributed by atoms with Gasteiger partial charge in [-0.25, -0.2) is 0 Å². The van der Waals surface area contributed by atoms with Crippen molar-refractivity contribution in [1.29, 1.82) is 0 Å². The van der Waals surface area contributed by atoms with Crippen molar-refractivity contribution in [3.05, 3.63) is 89.5 Å². The molecule has 0 fully saturated rings. The van der Waals surface area contributed by atoms with E-state index in [0.29, 0.717) is 0 Å². The van der Waals surface area contributed by atoms with Gasteiger partial charge >= 0.3 is 6.18 Å². The van der Waals surface area contributed by atoms with E-state index in [0.717, 1.165) is 25.8 Å². The minimum Gasteiger partial charge on any atom is -0.166 e. The summed E-state index contributed by atoms with van der Waals surface area (Å²) < 4.78 is 38.6. The van der Waals surface area contributed by atoms with Crippen molar-refractivity contribution in [1.82, 2.24) is 0 Å². The Hall–Kier alpha value is -2.20. The lowest BCUT2D eigenvalue weighted by atomic mass is 10.2. The third kappa shape index (κ3) is 3.90. The van der Waals surface area contributed by atoms with Gasteiger partial charge in [0.15, 0.2) is 14.7 Å². The maximum atomic E-state index is 12.9. The van der Waals surface area contributed by atoms with E-state index in [-0.39, 0.29) is 0 Å². The lowest BCUT2D eigenvalue weighted by Crippen LogP contribution is -2.09. The highest BCUT2D eigenvalue weighted by Gasteiger charge is 2.33. The maximum absolute atomic E-state index is 12.9. The van der Waals surface area contributed by atoms with Crippen LogP contribution in [0.25, 0.3) is 0 Å². The Morgan fingerprint density at radius 3 is 1.72 bits per heavy atom.